The van der Waals surface area contributed by atoms with Crippen molar-refractivity contribution in [1.82, 2.24) is 25.1 Å². The van der Waals surface area contributed by atoms with E-state index >= 15 is 0 Å². The minimum Gasteiger partial charge on any atom is -0.313 e. The first kappa shape index (κ1) is 15.4. The average molecular weight is 277 g/mol. The van der Waals surface area contributed by atoms with Gasteiger partial charge in [0.05, 0.1) is 6.04 Å². The van der Waals surface area contributed by atoms with Gasteiger partial charge in [0.1, 0.15) is 5.82 Å². The summed E-state index contributed by atoms with van der Waals surface area (Å²) in [6.45, 7) is 7.33. The molecule has 5 heteroatoms. The van der Waals surface area contributed by atoms with Crippen molar-refractivity contribution in [1.29, 1.82) is 0 Å². The zero-order chi connectivity index (χ0) is 14.4. The Morgan fingerprint density at radius 1 is 1.25 bits per heavy atom. The third-order valence-electron chi connectivity index (χ3n) is 3.85. The van der Waals surface area contributed by atoms with Gasteiger partial charge in [-0.05, 0) is 46.6 Å². The van der Waals surface area contributed by atoms with Crippen molar-refractivity contribution in [3.05, 3.63) is 23.8 Å². The fourth-order valence-corrected chi connectivity index (χ4v) is 2.59. The lowest BCUT2D eigenvalue weighted by Crippen LogP contribution is -2.32. The average Bonchev–Trinajstić information content (AvgIpc) is 2.62. The van der Waals surface area contributed by atoms with Gasteiger partial charge in [-0.15, -0.1) is 0 Å². The molecule has 0 radical (unpaired) electrons. The van der Waals surface area contributed by atoms with Crippen LogP contribution in [0.1, 0.15) is 37.2 Å². The molecular formula is C15H27N5. The van der Waals surface area contributed by atoms with Gasteiger partial charge in [-0.2, -0.15) is 0 Å². The molecule has 1 aliphatic heterocycles. The molecule has 1 N–H and O–H groups in total. The van der Waals surface area contributed by atoms with Crippen LogP contribution in [0.3, 0.4) is 0 Å². The highest BCUT2D eigenvalue weighted by Crippen LogP contribution is 2.19. The van der Waals surface area contributed by atoms with Crippen LogP contribution in [0.4, 0.5) is 0 Å². The van der Waals surface area contributed by atoms with E-state index in [0.717, 1.165) is 50.5 Å². The maximum Gasteiger partial charge on any atom is 0.146 e. The maximum absolute atomic E-state index is 4.59. The van der Waals surface area contributed by atoms with Gasteiger partial charge in [-0.3, -0.25) is 4.90 Å². The smallest absolute Gasteiger partial charge is 0.146 e. The molecule has 5 nitrogen and oxygen atoms in total. The molecular weight excluding hydrogens is 250 g/mol. The normalized spacial score (nSPS) is 21.9. The molecule has 1 aliphatic rings. The number of nitrogens with zero attached hydrogens (tertiary/aromatic N) is 4. The van der Waals surface area contributed by atoms with Crippen molar-refractivity contribution >= 4 is 0 Å². The monoisotopic (exact) mass is 277 g/mol. The van der Waals surface area contributed by atoms with Crippen LogP contribution in [0, 0.1) is 0 Å². The molecule has 112 valence electrons. The lowest BCUT2D eigenvalue weighted by atomic mass is 10.2. The lowest BCUT2D eigenvalue weighted by molar-refractivity contribution is 0.219. The summed E-state index contributed by atoms with van der Waals surface area (Å²) in [4.78, 5) is 13.9. The number of aromatic nitrogens is 2. The van der Waals surface area contributed by atoms with Gasteiger partial charge < -0.3 is 10.2 Å². The fraction of sp³-hybridized carbons (Fsp3) is 0.733. The summed E-state index contributed by atoms with van der Waals surface area (Å²) in [5.74, 6) is 0.945. The Labute approximate surface area is 122 Å². The Balaban J connectivity index is 2.00. The first-order valence-electron chi connectivity index (χ1n) is 7.61. The van der Waals surface area contributed by atoms with Crippen LogP contribution in [0.5, 0.6) is 0 Å². The molecule has 0 saturated carbocycles. The fourth-order valence-electron chi connectivity index (χ4n) is 2.59. The molecule has 1 unspecified atom stereocenters. The van der Waals surface area contributed by atoms with Crippen LogP contribution in [-0.2, 0) is 6.54 Å². The van der Waals surface area contributed by atoms with E-state index in [-0.39, 0.29) is 0 Å². The second-order valence-electron chi connectivity index (χ2n) is 5.74. The van der Waals surface area contributed by atoms with E-state index in [4.69, 9.17) is 0 Å². The standard InChI is InChI=1S/C15H27N5/c1-4-6-16-9-13-10-17-15(18-11-13)14-12-19(2)7-5-8-20(14)3/h10-11,14,16H,4-9,12H2,1-3H3. The molecule has 2 rings (SSSR count). The molecule has 1 aromatic rings. The lowest BCUT2D eigenvalue weighted by Gasteiger charge is -2.26. The van der Waals surface area contributed by atoms with Crippen LogP contribution in [0.2, 0.25) is 0 Å². The third kappa shape index (κ3) is 4.23. The van der Waals surface area contributed by atoms with Crippen molar-refractivity contribution in [2.45, 2.75) is 32.4 Å². The van der Waals surface area contributed by atoms with Crippen LogP contribution < -0.4 is 5.32 Å². The van der Waals surface area contributed by atoms with E-state index in [9.17, 15) is 0 Å². The van der Waals surface area contributed by atoms with Crippen LogP contribution in [0.25, 0.3) is 0 Å². The summed E-state index contributed by atoms with van der Waals surface area (Å²) in [6.07, 6.45) is 6.29. The number of rotatable bonds is 5. The summed E-state index contributed by atoms with van der Waals surface area (Å²) in [7, 11) is 4.35. The first-order valence-corrected chi connectivity index (χ1v) is 7.61. The zero-order valence-corrected chi connectivity index (χ0v) is 13.0. The highest BCUT2D eigenvalue weighted by molar-refractivity contribution is 5.07. The van der Waals surface area contributed by atoms with Gasteiger partial charge in [-0.1, -0.05) is 6.92 Å². The van der Waals surface area contributed by atoms with Crippen molar-refractivity contribution in [2.24, 2.45) is 0 Å². The summed E-state index contributed by atoms with van der Waals surface area (Å²) < 4.78 is 0. The highest BCUT2D eigenvalue weighted by Gasteiger charge is 2.24. The molecule has 1 aromatic heterocycles. The van der Waals surface area contributed by atoms with Gasteiger partial charge in [-0.25, -0.2) is 9.97 Å². The zero-order valence-electron chi connectivity index (χ0n) is 13.0. The Morgan fingerprint density at radius 2 is 2.00 bits per heavy atom. The second-order valence-corrected chi connectivity index (χ2v) is 5.74. The Kier molecular flexibility index (Phi) is 5.88. The molecule has 0 aromatic carbocycles. The van der Waals surface area contributed by atoms with E-state index in [1.807, 2.05) is 12.4 Å². The Hall–Kier alpha value is -1.04. The largest absolute Gasteiger partial charge is 0.313 e. The van der Waals surface area contributed by atoms with Crippen LogP contribution >= 0.6 is 0 Å². The van der Waals surface area contributed by atoms with E-state index in [1.54, 1.807) is 0 Å². The van der Waals surface area contributed by atoms with Gasteiger partial charge >= 0.3 is 0 Å². The summed E-state index contributed by atoms with van der Waals surface area (Å²) in [6, 6.07) is 0.306. The van der Waals surface area contributed by atoms with E-state index in [1.165, 1.54) is 6.42 Å². The summed E-state index contributed by atoms with van der Waals surface area (Å²) >= 11 is 0. The number of hydrogen-bond donors (Lipinski definition) is 1. The molecule has 1 atom stereocenters. The predicted molar refractivity (Wildman–Crippen MR) is 81.5 cm³/mol. The molecule has 1 saturated heterocycles. The van der Waals surface area contributed by atoms with Crippen LogP contribution in [0.15, 0.2) is 12.4 Å². The van der Waals surface area contributed by atoms with Crippen molar-refractivity contribution in [2.75, 3.05) is 40.3 Å². The van der Waals surface area contributed by atoms with Crippen LogP contribution in [-0.4, -0.2) is 60.0 Å². The molecule has 20 heavy (non-hydrogen) atoms. The molecule has 0 aliphatic carbocycles. The minimum absolute atomic E-state index is 0.306. The van der Waals surface area contributed by atoms with E-state index < -0.39 is 0 Å². The first-order chi connectivity index (χ1) is 9.70. The third-order valence-corrected chi connectivity index (χ3v) is 3.85. The van der Waals surface area contributed by atoms with E-state index in [2.05, 4.69) is 46.1 Å². The minimum atomic E-state index is 0.306. The van der Waals surface area contributed by atoms with Gasteiger partial charge in [0.15, 0.2) is 0 Å². The molecule has 1 fully saturated rings. The predicted octanol–water partition coefficient (Wildman–Crippen LogP) is 1.28. The Bertz CT molecular complexity index is 392. The number of likely N-dealkylation sites (N-methyl/N-ethyl adjacent to an activating group) is 2. The van der Waals surface area contributed by atoms with Crippen molar-refractivity contribution in [3.8, 4) is 0 Å². The quantitative estimate of drug-likeness (QED) is 0.822. The van der Waals surface area contributed by atoms with Crippen molar-refractivity contribution in [3.63, 3.8) is 0 Å². The number of hydrogen-bond acceptors (Lipinski definition) is 5. The van der Waals surface area contributed by atoms with Gasteiger partial charge in [0.2, 0.25) is 0 Å². The number of nitrogens with one attached hydrogen (secondary N) is 1. The molecule has 0 bridgehead atoms. The molecule has 0 amide bonds. The maximum atomic E-state index is 4.59. The van der Waals surface area contributed by atoms with E-state index in [0.29, 0.717) is 6.04 Å². The van der Waals surface area contributed by atoms with Gasteiger partial charge in [0.25, 0.3) is 0 Å². The second kappa shape index (κ2) is 7.67. The topological polar surface area (TPSA) is 44.3 Å². The summed E-state index contributed by atoms with van der Waals surface area (Å²) in [5, 5.41) is 3.38. The highest BCUT2D eigenvalue weighted by atomic mass is 15.2. The van der Waals surface area contributed by atoms with Gasteiger partial charge in [0, 0.05) is 31.0 Å². The molecule has 2 heterocycles. The SMILES string of the molecule is CCCNCc1cnc(C2CN(C)CCCN2C)nc1. The summed E-state index contributed by atoms with van der Waals surface area (Å²) in [5.41, 5.74) is 1.16. The van der Waals surface area contributed by atoms with Crippen molar-refractivity contribution < 1.29 is 0 Å². The Morgan fingerprint density at radius 3 is 2.70 bits per heavy atom. The molecule has 0 spiro atoms.